The van der Waals surface area contributed by atoms with Gasteiger partial charge in [0.15, 0.2) is 0 Å². The summed E-state index contributed by atoms with van der Waals surface area (Å²) in [6, 6.07) is 18.4. The molecule has 0 bridgehead atoms. The smallest absolute Gasteiger partial charge is 0.264 e. The molecule has 1 saturated carbocycles. The summed E-state index contributed by atoms with van der Waals surface area (Å²) in [5, 5.41) is 3.91. The minimum absolute atomic E-state index is 0.000522. The number of hydrogen-bond donors (Lipinski definition) is 1. The van der Waals surface area contributed by atoms with E-state index in [-0.39, 0.29) is 34.1 Å². The van der Waals surface area contributed by atoms with Crippen molar-refractivity contribution in [3.63, 3.8) is 0 Å². The Morgan fingerprint density at radius 1 is 0.878 bits per heavy atom. The first-order valence-electron chi connectivity index (χ1n) is 13.5. The molecule has 41 heavy (non-hydrogen) atoms. The van der Waals surface area contributed by atoms with Crippen molar-refractivity contribution in [2.24, 2.45) is 0 Å². The second kappa shape index (κ2) is 13.9. The second-order valence-corrected chi connectivity index (χ2v) is 13.0. The SMILES string of the molecule is CCC(C(=O)NC1CCCC1)N(Cc1c(Cl)cccc1Cl)C(=O)CN(c1ccccc1Cl)S(=O)(=O)c1ccccc1. The van der Waals surface area contributed by atoms with Crippen LogP contribution in [0.15, 0.2) is 77.7 Å². The number of amides is 2. The highest BCUT2D eigenvalue weighted by Crippen LogP contribution is 2.32. The summed E-state index contributed by atoms with van der Waals surface area (Å²) in [5.41, 5.74) is 0.608. The molecule has 0 aliphatic heterocycles. The summed E-state index contributed by atoms with van der Waals surface area (Å²) in [7, 11) is -4.22. The van der Waals surface area contributed by atoms with Crippen molar-refractivity contribution >= 4 is 62.3 Å². The standard InChI is InChI=1S/C30H32Cl3N3O4S/c1-2-27(30(38)34-21-11-6-7-12-21)35(19-23-24(31)16-10-17-25(23)32)29(37)20-36(28-18-9-8-15-26(28)33)41(39,40)22-13-4-3-5-14-22/h3-5,8-10,13-18,21,27H,2,6-7,11-12,19-20H2,1H3,(H,34,38). The van der Waals surface area contributed by atoms with Gasteiger partial charge in [-0.1, -0.05) is 91.0 Å². The Kier molecular flexibility index (Phi) is 10.6. The van der Waals surface area contributed by atoms with Crippen LogP contribution in [0.4, 0.5) is 5.69 Å². The maximum Gasteiger partial charge on any atom is 0.264 e. The summed E-state index contributed by atoms with van der Waals surface area (Å²) in [4.78, 5) is 29.1. The molecular weight excluding hydrogens is 605 g/mol. The van der Waals surface area contributed by atoms with E-state index in [0.717, 1.165) is 30.0 Å². The molecule has 0 heterocycles. The molecule has 3 aromatic rings. The van der Waals surface area contributed by atoms with Crippen molar-refractivity contribution < 1.29 is 18.0 Å². The molecule has 3 aromatic carbocycles. The summed E-state index contributed by atoms with van der Waals surface area (Å²) in [6.45, 7) is 1.12. The molecule has 1 fully saturated rings. The van der Waals surface area contributed by atoms with Gasteiger partial charge in [0.1, 0.15) is 12.6 Å². The van der Waals surface area contributed by atoms with E-state index < -0.39 is 28.5 Å². The van der Waals surface area contributed by atoms with E-state index in [1.54, 1.807) is 61.5 Å². The highest BCUT2D eigenvalue weighted by atomic mass is 35.5. The fraction of sp³-hybridized carbons (Fsp3) is 0.333. The third kappa shape index (κ3) is 7.36. The first-order chi connectivity index (χ1) is 19.6. The molecule has 218 valence electrons. The molecule has 7 nitrogen and oxygen atoms in total. The van der Waals surface area contributed by atoms with E-state index >= 15 is 0 Å². The number of nitrogens with zero attached hydrogens (tertiary/aromatic N) is 2. The zero-order chi connectivity index (χ0) is 29.6. The van der Waals surface area contributed by atoms with Crippen LogP contribution in [-0.2, 0) is 26.2 Å². The van der Waals surface area contributed by atoms with Gasteiger partial charge in [0.2, 0.25) is 11.8 Å². The van der Waals surface area contributed by atoms with Gasteiger partial charge in [0, 0.05) is 28.2 Å². The molecule has 11 heteroatoms. The van der Waals surface area contributed by atoms with Crippen LogP contribution < -0.4 is 9.62 Å². The quantitative estimate of drug-likeness (QED) is 0.254. The second-order valence-electron chi connectivity index (χ2n) is 9.91. The summed E-state index contributed by atoms with van der Waals surface area (Å²) in [5.74, 6) is -0.903. The zero-order valence-corrected chi connectivity index (χ0v) is 25.7. The van der Waals surface area contributed by atoms with Crippen LogP contribution in [0.2, 0.25) is 15.1 Å². The average molecular weight is 637 g/mol. The molecular formula is C30H32Cl3N3O4S. The Bertz CT molecular complexity index is 1460. The molecule has 0 saturated heterocycles. The normalized spacial score (nSPS) is 14.4. The third-order valence-corrected chi connectivity index (χ3v) is 10.0. The molecule has 1 N–H and O–H groups in total. The van der Waals surface area contributed by atoms with E-state index in [0.29, 0.717) is 22.0 Å². The van der Waals surface area contributed by atoms with Gasteiger partial charge in [-0.3, -0.25) is 13.9 Å². The first-order valence-corrected chi connectivity index (χ1v) is 16.1. The number of anilines is 1. The molecule has 1 aliphatic carbocycles. The number of carbonyl (C=O) groups excluding carboxylic acids is 2. The molecule has 2 amide bonds. The number of nitrogens with one attached hydrogen (secondary N) is 1. The molecule has 0 radical (unpaired) electrons. The Hall–Kier alpha value is -2.78. The third-order valence-electron chi connectivity index (χ3n) is 7.21. The topological polar surface area (TPSA) is 86.8 Å². The van der Waals surface area contributed by atoms with E-state index in [9.17, 15) is 18.0 Å². The molecule has 4 rings (SSSR count). The van der Waals surface area contributed by atoms with Gasteiger partial charge in [0.05, 0.1) is 15.6 Å². The van der Waals surface area contributed by atoms with Crippen LogP contribution >= 0.6 is 34.8 Å². The number of benzene rings is 3. The van der Waals surface area contributed by atoms with Crippen molar-refractivity contribution in [2.75, 3.05) is 10.8 Å². The van der Waals surface area contributed by atoms with Crippen LogP contribution in [0.25, 0.3) is 0 Å². The number of rotatable bonds is 11. The van der Waals surface area contributed by atoms with Gasteiger partial charge in [-0.2, -0.15) is 0 Å². The molecule has 1 atom stereocenters. The Balaban J connectivity index is 1.75. The maximum absolute atomic E-state index is 14.2. The molecule has 1 unspecified atom stereocenters. The minimum atomic E-state index is -4.22. The van der Waals surface area contributed by atoms with Crippen molar-refractivity contribution in [2.45, 2.75) is 62.6 Å². The Morgan fingerprint density at radius 2 is 1.46 bits per heavy atom. The van der Waals surface area contributed by atoms with E-state index in [4.69, 9.17) is 34.8 Å². The lowest BCUT2D eigenvalue weighted by Gasteiger charge is -2.34. The van der Waals surface area contributed by atoms with E-state index in [1.165, 1.54) is 23.1 Å². The Labute approximate surface area is 256 Å². The summed E-state index contributed by atoms with van der Waals surface area (Å²) < 4.78 is 28.8. The van der Waals surface area contributed by atoms with Crippen LogP contribution in [-0.4, -0.2) is 43.8 Å². The van der Waals surface area contributed by atoms with Crippen molar-refractivity contribution in [1.82, 2.24) is 10.2 Å². The fourth-order valence-electron chi connectivity index (χ4n) is 5.03. The number of halogens is 3. The Morgan fingerprint density at radius 3 is 2.07 bits per heavy atom. The van der Waals surface area contributed by atoms with Crippen molar-refractivity contribution in [1.29, 1.82) is 0 Å². The predicted octanol–water partition coefficient (Wildman–Crippen LogP) is 6.71. The largest absolute Gasteiger partial charge is 0.352 e. The van der Waals surface area contributed by atoms with Gasteiger partial charge in [-0.25, -0.2) is 8.42 Å². The zero-order valence-electron chi connectivity index (χ0n) is 22.6. The highest BCUT2D eigenvalue weighted by Gasteiger charge is 2.35. The molecule has 0 aromatic heterocycles. The van der Waals surface area contributed by atoms with Gasteiger partial charge in [0.25, 0.3) is 10.0 Å². The number of para-hydroxylation sites is 1. The van der Waals surface area contributed by atoms with E-state index in [2.05, 4.69) is 5.32 Å². The average Bonchev–Trinajstić information content (AvgIpc) is 3.47. The van der Waals surface area contributed by atoms with Gasteiger partial charge in [-0.15, -0.1) is 0 Å². The minimum Gasteiger partial charge on any atom is -0.352 e. The lowest BCUT2D eigenvalue weighted by molar-refractivity contribution is -0.140. The summed E-state index contributed by atoms with van der Waals surface area (Å²) >= 11 is 19.4. The number of carbonyl (C=O) groups is 2. The van der Waals surface area contributed by atoms with Crippen LogP contribution in [0.3, 0.4) is 0 Å². The van der Waals surface area contributed by atoms with Crippen LogP contribution in [0.1, 0.15) is 44.6 Å². The fourth-order valence-corrected chi connectivity index (χ4v) is 7.29. The number of sulfonamides is 1. The lowest BCUT2D eigenvalue weighted by atomic mass is 10.1. The summed E-state index contributed by atoms with van der Waals surface area (Å²) in [6.07, 6.45) is 4.11. The van der Waals surface area contributed by atoms with Crippen molar-refractivity contribution in [3.8, 4) is 0 Å². The monoisotopic (exact) mass is 635 g/mol. The maximum atomic E-state index is 14.2. The number of hydrogen-bond acceptors (Lipinski definition) is 4. The molecule has 1 aliphatic rings. The first kappa shape index (κ1) is 31.2. The van der Waals surface area contributed by atoms with Crippen molar-refractivity contribution in [3.05, 3.63) is 93.4 Å². The van der Waals surface area contributed by atoms with E-state index in [1.807, 2.05) is 0 Å². The van der Waals surface area contributed by atoms with Gasteiger partial charge < -0.3 is 10.2 Å². The van der Waals surface area contributed by atoms with Crippen LogP contribution in [0, 0.1) is 0 Å². The lowest BCUT2D eigenvalue weighted by Crippen LogP contribution is -2.53. The molecule has 0 spiro atoms. The van der Waals surface area contributed by atoms with Crippen LogP contribution in [0.5, 0.6) is 0 Å². The van der Waals surface area contributed by atoms with Gasteiger partial charge in [-0.05, 0) is 55.7 Å². The predicted molar refractivity (Wildman–Crippen MR) is 164 cm³/mol. The highest BCUT2D eigenvalue weighted by molar-refractivity contribution is 7.92. The van der Waals surface area contributed by atoms with Gasteiger partial charge >= 0.3 is 0 Å².